The number of aromatic nitrogens is 1. The third-order valence-corrected chi connectivity index (χ3v) is 3.43. The molecule has 1 atom stereocenters. The summed E-state index contributed by atoms with van der Waals surface area (Å²) in [6, 6.07) is 3.38. The fourth-order valence-electron chi connectivity index (χ4n) is 2.03. The van der Waals surface area contributed by atoms with Gasteiger partial charge in [0.15, 0.2) is 12.6 Å². The van der Waals surface area contributed by atoms with Crippen LogP contribution in [0, 0.1) is 5.92 Å². The highest BCUT2D eigenvalue weighted by molar-refractivity contribution is 5.79. The van der Waals surface area contributed by atoms with E-state index in [0.29, 0.717) is 24.5 Å². The van der Waals surface area contributed by atoms with Gasteiger partial charge in [0.2, 0.25) is 5.88 Å². The fraction of sp³-hybridized carbons (Fsp3) is 0.647. The Morgan fingerprint density at radius 1 is 1.24 bits per heavy atom. The van der Waals surface area contributed by atoms with Crippen LogP contribution in [0.3, 0.4) is 0 Å². The molecule has 1 aromatic heterocycles. The first kappa shape index (κ1) is 21.1. The third-order valence-electron chi connectivity index (χ3n) is 3.43. The molecule has 1 aromatic rings. The standard InChI is InChI=1S/C17H27F3N4O/c1-12(2)5-6-13(3)24-16(21-4)23-10-14-7-8-15(22-9-14)25-11-17(18,19)20/h7-9,12-13H,5-6,10-11H2,1-4H3,(H2,21,23,24). The van der Waals surface area contributed by atoms with Crippen LogP contribution in [0.4, 0.5) is 13.2 Å². The largest absolute Gasteiger partial charge is 0.468 e. The number of pyridine rings is 1. The zero-order valence-corrected chi connectivity index (χ0v) is 15.2. The van der Waals surface area contributed by atoms with Crippen LogP contribution in [0.25, 0.3) is 0 Å². The Morgan fingerprint density at radius 2 is 1.96 bits per heavy atom. The zero-order chi connectivity index (χ0) is 18.9. The van der Waals surface area contributed by atoms with Crippen molar-refractivity contribution in [3.8, 4) is 5.88 Å². The van der Waals surface area contributed by atoms with Gasteiger partial charge in [0.25, 0.3) is 0 Å². The van der Waals surface area contributed by atoms with Gasteiger partial charge >= 0.3 is 6.18 Å². The number of rotatable bonds is 8. The summed E-state index contributed by atoms with van der Waals surface area (Å²) in [5.74, 6) is 1.28. The SMILES string of the molecule is CN=C(NCc1ccc(OCC(F)(F)F)nc1)NC(C)CCC(C)C. The summed E-state index contributed by atoms with van der Waals surface area (Å²) in [6.45, 7) is 5.60. The lowest BCUT2D eigenvalue weighted by Crippen LogP contribution is -2.41. The second-order valence-corrected chi connectivity index (χ2v) is 6.35. The molecule has 2 N–H and O–H groups in total. The minimum Gasteiger partial charge on any atom is -0.468 e. The molecule has 0 spiro atoms. The minimum atomic E-state index is -4.37. The molecule has 5 nitrogen and oxygen atoms in total. The van der Waals surface area contributed by atoms with Crippen molar-refractivity contribution < 1.29 is 17.9 Å². The van der Waals surface area contributed by atoms with E-state index in [1.54, 1.807) is 13.1 Å². The van der Waals surface area contributed by atoms with E-state index in [4.69, 9.17) is 0 Å². The van der Waals surface area contributed by atoms with Gasteiger partial charge in [-0.25, -0.2) is 4.98 Å². The second-order valence-electron chi connectivity index (χ2n) is 6.35. The molecule has 0 aliphatic carbocycles. The molecule has 0 aromatic carbocycles. The van der Waals surface area contributed by atoms with E-state index < -0.39 is 12.8 Å². The van der Waals surface area contributed by atoms with Gasteiger partial charge in [0, 0.05) is 31.9 Å². The van der Waals surface area contributed by atoms with Crippen molar-refractivity contribution in [2.24, 2.45) is 10.9 Å². The molecule has 142 valence electrons. The van der Waals surface area contributed by atoms with Gasteiger partial charge in [0.05, 0.1) is 0 Å². The molecule has 0 saturated carbocycles. The van der Waals surface area contributed by atoms with Gasteiger partial charge in [-0.3, -0.25) is 4.99 Å². The monoisotopic (exact) mass is 360 g/mol. The molecule has 0 bridgehead atoms. The average molecular weight is 360 g/mol. The maximum atomic E-state index is 12.1. The van der Waals surface area contributed by atoms with Gasteiger partial charge in [-0.05, 0) is 31.2 Å². The van der Waals surface area contributed by atoms with E-state index in [2.05, 4.69) is 46.1 Å². The summed E-state index contributed by atoms with van der Waals surface area (Å²) in [7, 11) is 1.69. The highest BCUT2D eigenvalue weighted by Gasteiger charge is 2.28. The first-order valence-corrected chi connectivity index (χ1v) is 8.31. The summed E-state index contributed by atoms with van der Waals surface area (Å²) in [6.07, 6.45) is -0.708. The molecular formula is C17H27F3N4O. The lowest BCUT2D eigenvalue weighted by molar-refractivity contribution is -0.154. The zero-order valence-electron chi connectivity index (χ0n) is 15.2. The Bertz CT molecular complexity index is 530. The predicted molar refractivity (Wildman–Crippen MR) is 92.7 cm³/mol. The number of halogens is 3. The van der Waals surface area contributed by atoms with E-state index in [-0.39, 0.29) is 5.88 Å². The van der Waals surface area contributed by atoms with Gasteiger partial charge in [-0.1, -0.05) is 19.9 Å². The highest BCUT2D eigenvalue weighted by atomic mass is 19.4. The van der Waals surface area contributed by atoms with Gasteiger partial charge in [0.1, 0.15) is 0 Å². The summed E-state index contributed by atoms with van der Waals surface area (Å²) < 4.78 is 40.8. The quantitative estimate of drug-likeness (QED) is 0.550. The van der Waals surface area contributed by atoms with E-state index in [1.807, 2.05) is 0 Å². The molecule has 0 aliphatic heterocycles. The molecule has 0 aliphatic rings. The first-order valence-electron chi connectivity index (χ1n) is 8.31. The average Bonchev–Trinajstić information content (AvgIpc) is 2.55. The maximum absolute atomic E-state index is 12.1. The summed E-state index contributed by atoms with van der Waals surface area (Å²) in [5.41, 5.74) is 0.817. The maximum Gasteiger partial charge on any atom is 0.422 e. The Balaban J connectivity index is 2.42. The van der Waals surface area contributed by atoms with E-state index in [0.717, 1.165) is 18.4 Å². The molecular weight excluding hydrogens is 333 g/mol. The van der Waals surface area contributed by atoms with Gasteiger partial charge in [-0.15, -0.1) is 0 Å². The van der Waals surface area contributed by atoms with Crippen molar-refractivity contribution in [3.05, 3.63) is 23.9 Å². The Kier molecular flexibility index (Phi) is 8.51. The van der Waals surface area contributed by atoms with Crippen LogP contribution in [0.5, 0.6) is 5.88 Å². The molecule has 1 unspecified atom stereocenters. The smallest absolute Gasteiger partial charge is 0.422 e. The van der Waals surface area contributed by atoms with E-state index >= 15 is 0 Å². The number of alkyl halides is 3. The van der Waals surface area contributed by atoms with Crippen molar-refractivity contribution in [2.45, 2.75) is 52.4 Å². The van der Waals surface area contributed by atoms with Gasteiger partial charge < -0.3 is 15.4 Å². The van der Waals surface area contributed by atoms with Crippen LogP contribution in [0.1, 0.15) is 39.2 Å². The number of nitrogens with one attached hydrogen (secondary N) is 2. The lowest BCUT2D eigenvalue weighted by Gasteiger charge is -2.18. The third kappa shape index (κ3) is 9.79. The van der Waals surface area contributed by atoms with Crippen LogP contribution in [-0.4, -0.2) is 36.8 Å². The number of guanidine groups is 1. The predicted octanol–water partition coefficient (Wildman–Crippen LogP) is 3.51. The second kappa shape index (κ2) is 10.1. The molecule has 1 heterocycles. The first-order chi connectivity index (χ1) is 11.7. The van der Waals surface area contributed by atoms with Crippen LogP contribution in [0.2, 0.25) is 0 Å². The summed E-state index contributed by atoms with van der Waals surface area (Å²) in [4.78, 5) is 8.04. The molecule has 0 fully saturated rings. The minimum absolute atomic E-state index is 0.0501. The molecule has 0 radical (unpaired) electrons. The van der Waals surface area contributed by atoms with Gasteiger partial charge in [-0.2, -0.15) is 13.2 Å². The van der Waals surface area contributed by atoms with E-state index in [1.165, 1.54) is 12.3 Å². The van der Waals surface area contributed by atoms with Crippen LogP contribution in [0.15, 0.2) is 23.3 Å². The fourth-order valence-corrected chi connectivity index (χ4v) is 2.03. The summed E-state index contributed by atoms with van der Waals surface area (Å²) in [5, 5.41) is 6.47. The molecule has 0 saturated heterocycles. The number of ether oxygens (including phenoxy) is 1. The molecule has 1 rings (SSSR count). The number of nitrogens with zero attached hydrogens (tertiary/aromatic N) is 2. The van der Waals surface area contributed by atoms with Crippen LogP contribution >= 0.6 is 0 Å². The molecule has 0 amide bonds. The van der Waals surface area contributed by atoms with Crippen molar-refractivity contribution in [1.29, 1.82) is 0 Å². The van der Waals surface area contributed by atoms with Crippen molar-refractivity contribution in [3.63, 3.8) is 0 Å². The van der Waals surface area contributed by atoms with Crippen LogP contribution < -0.4 is 15.4 Å². The van der Waals surface area contributed by atoms with Crippen molar-refractivity contribution >= 4 is 5.96 Å². The highest BCUT2D eigenvalue weighted by Crippen LogP contribution is 2.17. The number of aliphatic imine (C=N–C) groups is 1. The number of hydrogen-bond donors (Lipinski definition) is 2. The van der Waals surface area contributed by atoms with Crippen molar-refractivity contribution in [1.82, 2.24) is 15.6 Å². The van der Waals surface area contributed by atoms with E-state index in [9.17, 15) is 13.2 Å². The number of hydrogen-bond acceptors (Lipinski definition) is 3. The lowest BCUT2D eigenvalue weighted by atomic mass is 10.0. The van der Waals surface area contributed by atoms with Crippen LogP contribution in [-0.2, 0) is 6.54 Å². The normalized spacial score (nSPS) is 13.7. The Morgan fingerprint density at radius 3 is 2.48 bits per heavy atom. The molecule has 8 heteroatoms. The topological polar surface area (TPSA) is 58.5 Å². The molecule has 25 heavy (non-hydrogen) atoms. The Labute approximate surface area is 147 Å². The Hall–Kier alpha value is -1.99. The van der Waals surface area contributed by atoms with Crippen molar-refractivity contribution in [2.75, 3.05) is 13.7 Å². The summed E-state index contributed by atoms with van der Waals surface area (Å²) >= 11 is 0.